The topological polar surface area (TPSA) is 79.3 Å². The van der Waals surface area contributed by atoms with Crippen molar-refractivity contribution >= 4 is 21.6 Å². The highest BCUT2D eigenvalue weighted by molar-refractivity contribution is 7.89. The highest BCUT2D eigenvalue weighted by atomic mass is 35.5. The first-order valence-corrected chi connectivity index (χ1v) is 6.99. The van der Waals surface area contributed by atoms with Gasteiger partial charge in [0.1, 0.15) is 10.0 Å². The summed E-state index contributed by atoms with van der Waals surface area (Å²) in [6.45, 7) is 3.47. The van der Waals surface area contributed by atoms with E-state index in [0.717, 1.165) is 0 Å². The molecule has 0 aliphatic heterocycles. The Morgan fingerprint density at radius 3 is 2.76 bits per heavy atom. The van der Waals surface area contributed by atoms with Gasteiger partial charge >= 0.3 is 0 Å². The standard InChI is InChI=1S/C10H15ClN2O3S/c1-7-5-9(6-12-10(7)11)17(15,16)13-4-3-8(2)14/h5-6,8,13-14H,3-4H2,1-2H3. The number of nitrogens with zero attached hydrogens (tertiary/aromatic N) is 1. The fraction of sp³-hybridized carbons (Fsp3) is 0.500. The maximum atomic E-state index is 11.8. The van der Waals surface area contributed by atoms with Crippen molar-refractivity contribution in [2.45, 2.75) is 31.3 Å². The third-order valence-electron chi connectivity index (χ3n) is 2.15. The Morgan fingerprint density at radius 2 is 2.24 bits per heavy atom. The monoisotopic (exact) mass is 278 g/mol. The SMILES string of the molecule is Cc1cc(S(=O)(=O)NCCC(C)O)cnc1Cl. The average molecular weight is 279 g/mol. The van der Waals surface area contributed by atoms with Crippen LogP contribution in [0.3, 0.4) is 0 Å². The normalized spacial score (nSPS) is 13.6. The Balaban J connectivity index is 2.79. The van der Waals surface area contributed by atoms with Crippen LogP contribution < -0.4 is 4.72 Å². The molecule has 0 saturated heterocycles. The average Bonchev–Trinajstić information content (AvgIpc) is 2.21. The molecule has 1 unspecified atom stereocenters. The van der Waals surface area contributed by atoms with Gasteiger partial charge in [0.25, 0.3) is 0 Å². The van der Waals surface area contributed by atoms with Crippen LogP contribution in [-0.4, -0.2) is 31.2 Å². The molecule has 5 nitrogen and oxygen atoms in total. The van der Waals surface area contributed by atoms with Crippen molar-refractivity contribution in [3.63, 3.8) is 0 Å². The zero-order valence-electron chi connectivity index (χ0n) is 9.64. The van der Waals surface area contributed by atoms with Gasteiger partial charge in [-0.3, -0.25) is 0 Å². The number of aliphatic hydroxyl groups is 1. The van der Waals surface area contributed by atoms with Crippen LogP contribution in [0.4, 0.5) is 0 Å². The van der Waals surface area contributed by atoms with Crippen molar-refractivity contribution in [1.82, 2.24) is 9.71 Å². The number of rotatable bonds is 5. The number of hydrogen-bond donors (Lipinski definition) is 2. The van der Waals surface area contributed by atoms with Gasteiger partial charge in [0.05, 0.1) is 6.10 Å². The highest BCUT2D eigenvalue weighted by Crippen LogP contribution is 2.16. The van der Waals surface area contributed by atoms with Crippen LogP contribution in [0.15, 0.2) is 17.2 Å². The van der Waals surface area contributed by atoms with E-state index in [9.17, 15) is 8.42 Å². The molecule has 0 aliphatic carbocycles. The first-order chi connectivity index (χ1) is 7.83. The van der Waals surface area contributed by atoms with Crippen molar-refractivity contribution in [2.75, 3.05) is 6.54 Å². The van der Waals surface area contributed by atoms with E-state index in [1.807, 2.05) is 0 Å². The van der Waals surface area contributed by atoms with Gasteiger partial charge in [-0.25, -0.2) is 18.1 Å². The number of pyridine rings is 1. The number of sulfonamides is 1. The summed E-state index contributed by atoms with van der Waals surface area (Å²) >= 11 is 5.72. The molecule has 0 radical (unpaired) electrons. The van der Waals surface area contributed by atoms with E-state index in [1.54, 1.807) is 13.8 Å². The van der Waals surface area contributed by atoms with E-state index in [1.165, 1.54) is 12.3 Å². The van der Waals surface area contributed by atoms with Gasteiger partial charge < -0.3 is 5.11 Å². The molecule has 0 aliphatic rings. The van der Waals surface area contributed by atoms with Crippen molar-refractivity contribution in [3.05, 3.63) is 23.0 Å². The largest absolute Gasteiger partial charge is 0.393 e. The van der Waals surface area contributed by atoms with Crippen LogP contribution >= 0.6 is 11.6 Å². The van der Waals surface area contributed by atoms with Crippen molar-refractivity contribution in [2.24, 2.45) is 0 Å². The van der Waals surface area contributed by atoms with E-state index < -0.39 is 16.1 Å². The number of aryl methyl sites for hydroxylation is 1. The van der Waals surface area contributed by atoms with Crippen LogP contribution in [0.5, 0.6) is 0 Å². The summed E-state index contributed by atoms with van der Waals surface area (Å²) in [4.78, 5) is 3.86. The first kappa shape index (κ1) is 14.4. The Bertz CT molecular complexity index is 488. The second kappa shape index (κ2) is 5.77. The quantitative estimate of drug-likeness (QED) is 0.791. The molecule has 1 heterocycles. The van der Waals surface area contributed by atoms with Gasteiger partial charge in [0.2, 0.25) is 10.0 Å². The summed E-state index contributed by atoms with van der Waals surface area (Å²) in [5.41, 5.74) is 0.602. The minimum Gasteiger partial charge on any atom is -0.393 e. The predicted molar refractivity (Wildman–Crippen MR) is 65.5 cm³/mol. The fourth-order valence-electron chi connectivity index (χ4n) is 1.16. The Kier molecular flexibility index (Phi) is 4.88. The summed E-state index contributed by atoms with van der Waals surface area (Å²) in [5, 5.41) is 9.32. The lowest BCUT2D eigenvalue weighted by Gasteiger charge is -2.08. The Morgan fingerprint density at radius 1 is 1.59 bits per heavy atom. The lowest BCUT2D eigenvalue weighted by Crippen LogP contribution is -2.26. The Hall–Kier alpha value is -0.690. The summed E-state index contributed by atoms with van der Waals surface area (Å²) in [6, 6.07) is 1.46. The zero-order valence-corrected chi connectivity index (χ0v) is 11.2. The van der Waals surface area contributed by atoms with Crippen molar-refractivity contribution in [1.29, 1.82) is 0 Å². The minimum absolute atomic E-state index is 0.0741. The van der Waals surface area contributed by atoms with Crippen molar-refractivity contribution in [3.8, 4) is 0 Å². The third-order valence-corrected chi connectivity index (χ3v) is 3.98. The summed E-state index contributed by atoms with van der Waals surface area (Å²) in [7, 11) is -3.58. The molecule has 0 saturated carbocycles. The molecule has 0 spiro atoms. The maximum absolute atomic E-state index is 11.8. The van der Waals surface area contributed by atoms with Gasteiger partial charge in [-0.1, -0.05) is 11.6 Å². The predicted octanol–water partition coefficient (Wildman–Crippen LogP) is 1.09. The van der Waals surface area contributed by atoms with Crippen LogP contribution in [0.2, 0.25) is 5.15 Å². The van der Waals surface area contributed by atoms with E-state index in [4.69, 9.17) is 16.7 Å². The number of hydrogen-bond acceptors (Lipinski definition) is 4. The van der Waals surface area contributed by atoms with Gasteiger partial charge in [0, 0.05) is 12.7 Å². The third kappa shape index (κ3) is 4.23. The van der Waals surface area contributed by atoms with Crippen LogP contribution in [0.1, 0.15) is 18.9 Å². The molecule has 1 aromatic rings. The smallest absolute Gasteiger partial charge is 0.242 e. The second-order valence-corrected chi connectivity index (χ2v) is 5.94. The Labute approximate surface area is 106 Å². The number of halogens is 1. The molecule has 0 aromatic carbocycles. The molecule has 1 atom stereocenters. The van der Waals surface area contributed by atoms with Gasteiger partial charge in [-0.05, 0) is 31.9 Å². The minimum atomic E-state index is -3.58. The van der Waals surface area contributed by atoms with Gasteiger partial charge in [-0.15, -0.1) is 0 Å². The maximum Gasteiger partial charge on any atom is 0.242 e. The summed E-state index contributed by atoms with van der Waals surface area (Å²) < 4.78 is 26.0. The van der Waals surface area contributed by atoms with Gasteiger partial charge in [-0.2, -0.15) is 0 Å². The molecule has 1 aromatic heterocycles. The number of aromatic nitrogens is 1. The first-order valence-electron chi connectivity index (χ1n) is 5.13. The molecule has 96 valence electrons. The van der Waals surface area contributed by atoms with E-state index in [2.05, 4.69) is 9.71 Å². The molecule has 1 rings (SSSR count). The van der Waals surface area contributed by atoms with E-state index >= 15 is 0 Å². The molecule has 2 N–H and O–H groups in total. The highest BCUT2D eigenvalue weighted by Gasteiger charge is 2.15. The summed E-state index contributed by atoms with van der Waals surface area (Å²) in [5.74, 6) is 0. The second-order valence-electron chi connectivity index (χ2n) is 3.81. The molecule has 0 bridgehead atoms. The molecule has 7 heteroatoms. The lowest BCUT2D eigenvalue weighted by atomic mass is 10.3. The molecule has 0 fully saturated rings. The van der Waals surface area contributed by atoms with Crippen molar-refractivity contribution < 1.29 is 13.5 Å². The van der Waals surface area contributed by atoms with E-state index in [-0.39, 0.29) is 16.6 Å². The molecule has 17 heavy (non-hydrogen) atoms. The zero-order chi connectivity index (χ0) is 13.1. The molecular weight excluding hydrogens is 264 g/mol. The van der Waals surface area contributed by atoms with Crippen LogP contribution in [-0.2, 0) is 10.0 Å². The van der Waals surface area contributed by atoms with E-state index in [0.29, 0.717) is 12.0 Å². The van der Waals surface area contributed by atoms with Crippen LogP contribution in [0.25, 0.3) is 0 Å². The molecular formula is C10H15ClN2O3S. The van der Waals surface area contributed by atoms with Gasteiger partial charge in [0.15, 0.2) is 0 Å². The number of aliphatic hydroxyl groups excluding tert-OH is 1. The number of nitrogens with one attached hydrogen (secondary N) is 1. The summed E-state index contributed by atoms with van der Waals surface area (Å²) in [6.07, 6.45) is 1.03. The van der Waals surface area contributed by atoms with Crippen LogP contribution in [0, 0.1) is 6.92 Å². The molecule has 0 amide bonds. The fourth-order valence-corrected chi connectivity index (χ4v) is 2.34. The lowest BCUT2D eigenvalue weighted by molar-refractivity contribution is 0.186.